The minimum Gasteiger partial charge on any atom is -0.354 e. The van der Waals surface area contributed by atoms with Gasteiger partial charge in [-0.1, -0.05) is 80.4 Å². The number of hydrogen-bond donors (Lipinski definition) is 1. The van der Waals surface area contributed by atoms with E-state index in [0.717, 1.165) is 9.87 Å². The van der Waals surface area contributed by atoms with Crippen molar-refractivity contribution in [1.82, 2.24) is 10.2 Å². The zero-order valence-corrected chi connectivity index (χ0v) is 25.4. The molecular formula is C30H35Cl2N3O4S. The second-order valence-corrected chi connectivity index (χ2v) is 12.7. The molecule has 1 atom stereocenters. The first kappa shape index (κ1) is 31.5. The van der Waals surface area contributed by atoms with E-state index in [2.05, 4.69) is 5.32 Å². The molecule has 214 valence electrons. The van der Waals surface area contributed by atoms with Crippen molar-refractivity contribution in [2.24, 2.45) is 5.92 Å². The number of benzene rings is 3. The van der Waals surface area contributed by atoms with Crippen LogP contribution in [0.15, 0.2) is 77.7 Å². The monoisotopic (exact) mass is 603 g/mol. The number of anilines is 1. The molecule has 0 bridgehead atoms. The third-order valence-corrected chi connectivity index (χ3v) is 8.83. The molecule has 0 radical (unpaired) electrons. The van der Waals surface area contributed by atoms with Gasteiger partial charge in [0.15, 0.2) is 0 Å². The Kier molecular flexibility index (Phi) is 11.0. The lowest BCUT2D eigenvalue weighted by Gasteiger charge is -2.33. The van der Waals surface area contributed by atoms with Crippen LogP contribution in [0.25, 0.3) is 0 Å². The van der Waals surface area contributed by atoms with Crippen LogP contribution >= 0.6 is 23.2 Å². The summed E-state index contributed by atoms with van der Waals surface area (Å²) in [4.78, 5) is 28.8. The first-order chi connectivity index (χ1) is 18.9. The Morgan fingerprint density at radius 2 is 1.62 bits per heavy atom. The summed E-state index contributed by atoms with van der Waals surface area (Å²) in [6.07, 6.45) is 0.326. The maximum atomic E-state index is 14.1. The number of nitrogens with one attached hydrogen (secondary N) is 1. The Morgan fingerprint density at radius 3 is 2.23 bits per heavy atom. The van der Waals surface area contributed by atoms with Crippen molar-refractivity contribution in [3.8, 4) is 0 Å². The molecule has 0 fully saturated rings. The van der Waals surface area contributed by atoms with E-state index in [1.807, 2.05) is 33.8 Å². The van der Waals surface area contributed by atoms with Crippen molar-refractivity contribution in [2.45, 2.75) is 51.6 Å². The van der Waals surface area contributed by atoms with Gasteiger partial charge in [0, 0.05) is 13.1 Å². The highest BCUT2D eigenvalue weighted by Gasteiger charge is 2.33. The van der Waals surface area contributed by atoms with Crippen molar-refractivity contribution < 1.29 is 18.0 Å². The summed E-state index contributed by atoms with van der Waals surface area (Å²) in [5.41, 5.74) is 1.85. The number of rotatable bonds is 12. The topological polar surface area (TPSA) is 86.8 Å². The molecule has 0 aliphatic heterocycles. The van der Waals surface area contributed by atoms with Crippen LogP contribution in [-0.2, 0) is 26.2 Å². The summed E-state index contributed by atoms with van der Waals surface area (Å²) in [7, 11) is -4.11. The summed E-state index contributed by atoms with van der Waals surface area (Å²) >= 11 is 12.3. The van der Waals surface area contributed by atoms with Crippen LogP contribution in [0.2, 0.25) is 10.0 Å². The van der Waals surface area contributed by atoms with Gasteiger partial charge in [-0.3, -0.25) is 13.9 Å². The fourth-order valence-electron chi connectivity index (χ4n) is 4.21. The van der Waals surface area contributed by atoms with Gasteiger partial charge in [0.25, 0.3) is 10.0 Å². The van der Waals surface area contributed by atoms with E-state index in [-0.39, 0.29) is 23.3 Å². The Hall–Kier alpha value is -3.07. The number of carbonyl (C=O) groups excluding carboxylic acids is 2. The molecule has 2 amide bonds. The summed E-state index contributed by atoms with van der Waals surface area (Å²) in [5, 5.41) is 3.59. The molecule has 0 aliphatic rings. The minimum absolute atomic E-state index is 0.0381. The van der Waals surface area contributed by atoms with Gasteiger partial charge < -0.3 is 10.2 Å². The molecular weight excluding hydrogens is 569 g/mol. The molecule has 3 aromatic carbocycles. The van der Waals surface area contributed by atoms with Gasteiger partial charge in [-0.15, -0.1) is 0 Å². The fourth-order valence-corrected chi connectivity index (χ4v) is 5.96. The van der Waals surface area contributed by atoms with Crippen molar-refractivity contribution in [3.63, 3.8) is 0 Å². The first-order valence-corrected chi connectivity index (χ1v) is 15.3. The third-order valence-electron chi connectivity index (χ3n) is 6.31. The van der Waals surface area contributed by atoms with Crippen LogP contribution in [0, 0.1) is 12.8 Å². The van der Waals surface area contributed by atoms with Gasteiger partial charge >= 0.3 is 0 Å². The highest BCUT2D eigenvalue weighted by Crippen LogP contribution is 2.27. The zero-order valence-electron chi connectivity index (χ0n) is 23.1. The highest BCUT2D eigenvalue weighted by molar-refractivity contribution is 7.92. The molecule has 0 saturated carbocycles. The number of carbonyl (C=O) groups is 2. The van der Waals surface area contributed by atoms with E-state index in [0.29, 0.717) is 34.3 Å². The number of sulfonamides is 1. The van der Waals surface area contributed by atoms with Crippen molar-refractivity contribution >= 4 is 50.7 Å². The van der Waals surface area contributed by atoms with Gasteiger partial charge in [-0.05, 0) is 66.8 Å². The van der Waals surface area contributed by atoms with Crippen LogP contribution in [-0.4, -0.2) is 44.3 Å². The minimum atomic E-state index is -4.11. The number of hydrogen-bond acceptors (Lipinski definition) is 4. The van der Waals surface area contributed by atoms with Crippen molar-refractivity contribution in [3.05, 3.63) is 94.0 Å². The number of halogens is 2. The zero-order chi connectivity index (χ0) is 29.4. The SMILES string of the molecule is CC[C@H](C(=O)NCC(C)C)N(Cc1ccc(Cl)c(Cl)c1)C(=O)CN(c1cccc(C)c1)S(=O)(=O)c1ccccc1. The molecule has 0 saturated heterocycles. The molecule has 0 heterocycles. The maximum Gasteiger partial charge on any atom is 0.264 e. The lowest BCUT2D eigenvalue weighted by molar-refractivity contribution is -0.140. The predicted octanol–water partition coefficient (Wildman–Crippen LogP) is 6.08. The Balaban J connectivity index is 2.05. The quantitative estimate of drug-likeness (QED) is 0.272. The predicted molar refractivity (Wildman–Crippen MR) is 161 cm³/mol. The second kappa shape index (κ2) is 14.0. The molecule has 0 spiro atoms. The number of aryl methyl sites for hydroxylation is 1. The summed E-state index contributed by atoms with van der Waals surface area (Å²) in [6, 6.07) is 19.1. The molecule has 1 N–H and O–H groups in total. The largest absolute Gasteiger partial charge is 0.354 e. The summed E-state index contributed by atoms with van der Waals surface area (Å²) < 4.78 is 28.8. The van der Waals surface area contributed by atoms with E-state index < -0.39 is 28.5 Å². The van der Waals surface area contributed by atoms with Crippen LogP contribution in [0.4, 0.5) is 5.69 Å². The smallest absolute Gasteiger partial charge is 0.264 e. The first-order valence-electron chi connectivity index (χ1n) is 13.1. The van der Waals surface area contributed by atoms with Gasteiger partial charge in [-0.2, -0.15) is 0 Å². The standard InChI is InChI=1S/C30H35Cl2N3O4S/c1-5-28(30(37)33-18-21(2)3)34(19-23-14-15-26(31)27(32)17-23)29(36)20-35(24-11-9-10-22(4)16-24)40(38,39)25-12-7-6-8-13-25/h6-17,21,28H,5,18-20H2,1-4H3,(H,33,37)/t28-/m1/s1. The maximum absolute atomic E-state index is 14.1. The average molecular weight is 605 g/mol. The van der Waals surface area contributed by atoms with Gasteiger partial charge in [0.1, 0.15) is 12.6 Å². The highest BCUT2D eigenvalue weighted by atomic mass is 35.5. The normalized spacial score (nSPS) is 12.2. The van der Waals surface area contributed by atoms with E-state index in [4.69, 9.17) is 23.2 Å². The average Bonchev–Trinajstić information content (AvgIpc) is 2.92. The molecule has 7 nitrogen and oxygen atoms in total. The van der Waals surface area contributed by atoms with Gasteiger partial charge in [0.05, 0.1) is 20.6 Å². The van der Waals surface area contributed by atoms with Gasteiger partial charge in [-0.25, -0.2) is 8.42 Å². The fraction of sp³-hybridized carbons (Fsp3) is 0.333. The molecule has 3 aromatic rings. The molecule has 0 aromatic heterocycles. The van der Waals surface area contributed by atoms with E-state index >= 15 is 0 Å². The molecule has 0 unspecified atom stereocenters. The van der Waals surface area contributed by atoms with E-state index in [1.54, 1.807) is 54.6 Å². The van der Waals surface area contributed by atoms with Crippen LogP contribution in [0.3, 0.4) is 0 Å². The molecule has 3 rings (SSSR count). The van der Waals surface area contributed by atoms with Crippen LogP contribution < -0.4 is 9.62 Å². The second-order valence-electron chi connectivity index (χ2n) is 10.00. The number of nitrogens with zero attached hydrogens (tertiary/aromatic N) is 2. The Labute approximate surface area is 247 Å². The Morgan fingerprint density at radius 1 is 0.925 bits per heavy atom. The van der Waals surface area contributed by atoms with E-state index in [9.17, 15) is 18.0 Å². The Bertz CT molecular complexity index is 1430. The number of amides is 2. The van der Waals surface area contributed by atoms with Crippen molar-refractivity contribution in [2.75, 3.05) is 17.4 Å². The summed E-state index contributed by atoms with van der Waals surface area (Å²) in [6.45, 7) is 7.60. The molecule has 40 heavy (non-hydrogen) atoms. The van der Waals surface area contributed by atoms with E-state index in [1.165, 1.54) is 17.0 Å². The summed E-state index contributed by atoms with van der Waals surface area (Å²) in [5.74, 6) is -0.621. The van der Waals surface area contributed by atoms with Crippen LogP contribution in [0.5, 0.6) is 0 Å². The lowest BCUT2D eigenvalue weighted by Crippen LogP contribution is -2.52. The van der Waals surface area contributed by atoms with Gasteiger partial charge in [0.2, 0.25) is 11.8 Å². The molecule has 10 heteroatoms. The van der Waals surface area contributed by atoms with Crippen molar-refractivity contribution in [1.29, 1.82) is 0 Å². The third kappa shape index (κ3) is 7.99. The molecule has 0 aliphatic carbocycles. The lowest BCUT2D eigenvalue weighted by atomic mass is 10.1. The van der Waals surface area contributed by atoms with Crippen LogP contribution in [0.1, 0.15) is 38.3 Å².